The highest BCUT2D eigenvalue weighted by Gasteiger charge is 2.17. The molecule has 1 atom stereocenters. The summed E-state index contributed by atoms with van der Waals surface area (Å²) in [7, 11) is 0. The van der Waals surface area contributed by atoms with Gasteiger partial charge in [0, 0.05) is 0 Å². The molecule has 0 aromatic carbocycles. The van der Waals surface area contributed by atoms with Crippen molar-refractivity contribution in [1.82, 2.24) is 0 Å². The van der Waals surface area contributed by atoms with E-state index in [4.69, 9.17) is 0 Å². The lowest BCUT2D eigenvalue weighted by Gasteiger charge is -2.21. The van der Waals surface area contributed by atoms with Crippen LogP contribution in [-0.2, 0) is 4.79 Å². The van der Waals surface area contributed by atoms with Crippen LogP contribution in [0.3, 0.4) is 0 Å². The summed E-state index contributed by atoms with van der Waals surface area (Å²) in [6.45, 7) is 7.69. The van der Waals surface area contributed by atoms with E-state index in [0.717, 1.165) is 30.4 Å². The number of nitrogens with zero attached hydrogens (tertiary/aromatic N) is 1. The van der Waals surface area contributed by atoms with Crippen molar-refractivity contribution < 1.29 is 4.79 Å². The molecule has 1 aliphatic carbocycles. The van der Waals surface area contributed by atoms with Crippen molar-refractivity contribution in [3.05, 3.63) is 24.3 Å². The highest BCUT2D eigenvalue weighted by Crippen LogP contribution is 2.27. The van der Waals surface area contributed by atoms with Crippen molar-refractivity contribution in [3.63, 3.8) is 0 Å². The topological polar surface area (TPSA) is 29.4 Å². The number of hydrogen-bond donors (Lipinski definition) is 0. The van der Waals surface area contributed by atoms with Crippen molar-refractivity contribution in [3.8, 4) is 0 Å². The van der Waals surface area contributed by atoms with Crippen molar-refractivity contribution in [2.45, 2.75) is 25.3 Å². The van der Waals surface area contributed by atoms with Gasteiger partial charge in [-0.2, -0.15) is 4.99 Å². The Hall–Kier alpha value is -1.14. The summed E-state index contributed by atoms with van der Waals surface area (Å²) in [5.41, 5.74) is 2.18. The third-order valence-corrected chi connectivity index (χ3v) is 1.96. The van der Waals surface area contributed by atoms with Gasteiger partial charge in [-0.05, 0) is 19.3 Å². The highest BCUT2D eigenvalue weighted by molar-refractivity contribution is 5.36. The first-order chi connectivity index (χ1) is 5.24. The summed E-state index contributed by atoms with van der Waals surface area (Å²) < 4.78 is 0. The molecule has 0 spiro atoms. The fourth-order valence-corrected chi connectivity index (χ4v) is 1.22. The Labute approximate surface area is 66.3 Å². The number of isocyanates is 1. The lowest BCUT2D eigenvalue weighted by atomic mass is 9.88. The van der Waals surface area contributed by atoms with Crippen LogP contribution >= 0.6 is 0 Å². The van der Waals surface area contributed by atoms with E-state index in [9.17, 15) is 4.79 Å². The van der Waals surface area contributed by atoms with Gasteiger partial charge in [-0.3, -0.25) is 0 Å². The Morgan fingerprint density at radius 2 is 2.18 bits per heavy atom. The summed E-state index contributed by atoms with van der Waals surface area (Å²) in [5.74, 6) is 0. The molecule has 0 aromatic rings. The molecule has 1 unspecified atom stereocenters. The smallest absolute Gasteiger partial charge is 0.211 e. The molecule has 58 valence electrons. The van der Waals surface area contributed by atoms with E-state index in [0.29, 0.717) is 0 Å². The molecule has 1 aliphatic rings. The van der Waals surface area contributed by atoms with Crippen LogP contribution in [0.4, 0.5) is 0 Å². The number of rotatable bonds is 1. The van der Waals surface area contributed by atoms with E-state index in [2.05, 4.69) is 18.2 Å². The fraction of sp³-hybridized carbons (Fsp3) is 0.444. The molecular weight excluding hydrogens is 138 g/mol. The molecule has 2 heteroatoms. The van der Waals surface area contributed by atoms with E-state index < -0.39 is 0 Å². The van der Waals surface area contributed by atoms with Gasteiger partial charge in [0.15, 0.2) is 0 Å². The van der Waals surface area contributed by atoms with Crippen molar-refractivity contribution in [2.24, 2.45) is 4.99 Å². The second-order valence-electron chi connectivity index (χ2n) is 2.85. The average Bonchev–Trinajstić information content (AvgIpc) is 1.98. The summed E-state index contributed by atoms with van der Waals surface area (Å²) >= 11 is 0. The number of carbonyl (C=O) groups excluding carboxylic acids is 1. The summed E-state index contributed by atoms with van der Waals surface area (Å²) in [4.78, 5) is 13.6. The van der Waals surface area contributed by atoms with Crippen LogP contribution in [0, 0.1) is 0 Å². The molecule has 0 amide bonds. The molecule has 0 radical (unpaired) electrons. The van der Waals surface area contributed by atoms with Gasteiger partial charge in [-0.15, -0.1) is 0 Å². The maximum absolute atomic E-state index is 9.96. The molecular formula is C9H11NO. The number of aliphatic imine (C=N–C) groups is 1. The summed E-state index contributed by atoms with van der Waals surface area (Å²) in [6.07, 6.45) is 4.23. The Morgan fingerprint density at radius 1 is 1.45 bits per heavy atom. The molecule has 2 nitrogen and oxygen atoms in total. The normalized spacial score (nSPS) is 24.5. The zero-order valence-electron chi connectivity index (χ0n) is 6.47. The van der Waals surface area contributed by atoms with Crippen LogP contribution in [0.25, 0.3) is 0 Å². The first-order valence-corrected chi connectivity index (χ1v) is 3.65. The van der Waals surface area contributed by atoms with Gasteiger partial charge >= 0.3 is 0 Å². The standard InChI is InChI=1S/C9H11NO/c1-7-3-4-8(2)9(5-7)10-6-11/h9H,1-5H2. The molecule has 0 N–H and O–H groups in total. The van der Waals surface area contributed by atoms with Crippen LogP contribution in [0.2, 0.25) is 0 Å². The zero-order chi connectivity index (χ0) is 8.27. The van der Waals surface area contributed by atoms with Crippen LogP contribution in [-0.4, -0.2) is 12.1 Å². The van der Waals surface area contributed by atoms with E-state index in [1.807, 2.05) is 0 Å². The molecule has 1 rings (SSSR count). The van der Waals surface area contributed by atoms with Crippen LogP contribution in [0.15, 0.2) is 29.3 Å². The zero-order valence-corrected chi connectivity index (χ0v) is 6.47. The Bertz CT molecular complexity index is 236. The Balaban J connectivity index is 2.68. The molecule has 0 aromatic heterocycles. The fourth-order valence-electron chi connectivity index (χ4n) is 1.22. The monoisotopic (exact) mass is 149 g/mol. The maximum Gasteiger partial charge on any atom is 0.235 e. The predicted octanol–water partition coefficient (Wildman–Crippen LogP) is 1.99. The van der Waals surface area contributed by atoms with Gasteiger partial charge in [0.2, 0.25) is 6.08 Å². The molecule has 0 bridgehead atoms. The van der Waals surface area contributed by atoms with Crippen molar-refractivity contribution in [1.29, 1.82) is 0 Å². The van der Waals surface area contributed by atoms with E-state index in [1.54, 1.807) is 6.08 Å². The lowest BCUT2D eigenvalue weighted by molar-refractivity contribution is 0.554. The minimum Gasteiger partial charge on any atom is -0.211 e. The molecule has 0 saturated heterocycles. The molecule has 11 heavy (non-hydrogen) atoms. The van der Waals surface area contributed by atoms with Gasteiger partial charge in [-0.1, -0.05) is 24.3 Å². The first-order valence-electron chi connectivity index (χ1n) is 3.65. The van der Waals surface area contributed by atoms with E-state index in [1.165, 1.54) is 0 Å². The molecule has 1 saturated carbocycles. The van der Waals surface area contributed by atoms with Crippen LogP contribution in [0.5, 0.6) is 0 Å². The highest BCUT2D eigenvalue weighted by atomic mass is 16.1. The third-order valence-electron chi connectivity index (χ3n) is 1.96. The minimum absolute atomic E-state index is 0.0475. The Kier molecular flexibility index (Phi) is 2.40. The lowest BCUT2D eigenvalue weighted by Crippen LogP contribution is -2.13. The maximum atomic E-state index is 9.96. The number of hydrogen-bond acceptors (Lipinski definition) is 2. The SMILES string of the molecule is C=C1CCC(=C)C(N=C=O)C1. The van der Waals surface area contributed by atoms with Crippen molar-refractivity contribution >= 4 is 6.08 Å². The second-order valence-corrected chi connectivity index (χ2v) is 2.85. The van der Waals surface area contributed by atoms with Crippen LogP contribution in [0.1, 0.15) is 19.3 Å². The quantitative estimate of drug-likeness (QED) is 0.318. The van der Waals surface area contributed by atoms with Gasteiger partial charge in [0.1, 0.15) is 0 Å². The Morgan fingerprint density at radius 3 is 2.82 bits per heavy atom. The molecule has 0 heterocycles. The minimum atomic E-state index is -0.0475. The summed E-state index contributed by atoms with van der Waals surface area (Å²) in [5, 5.41) is 0. The second kappa shape index (κ2) is 3.31. The van der Waals surface area contributed by atoms with Gasteiger partial charge in [0.05, 0.1) is 6.04 Å². The first kappa shape index (κ1) is 7.96. The third kappa shape index (κ3) is 1.89. The van der Waals surface area contributed by atoms with Gasteiger partial charge in [0.25, 0.3) is 0 Å². The van der Waals surface area contributed by atoms with Crippen LogP contribution < -0.4 is 0 Å². The van der Waals surface area contributed by atoms with E-state index in [-0.39, 0.29) is 6.04 Å². The van der Waals surface area contributed by atoms with Gasteiger partial charge < -0.3 is 0 Å². The average molecular weight is 149 g/mol. The van der Waals surface area contributed by atoms with E-state index >= 15 is 0 Å². The summed E-state index contributed by atoms with van der Waals surface area (Å²) in [6, 6.07) is -0.0475. The predicted molar refractivity (Wildman–Crippen MR) is 44.0 cm³/mol. The molecule has 0 aliphatic heterocycles. The van der Waals surface area contributed by atoms with Gasteiger partial charge in [-0.25, -0.2) is 4.79 Å². The van der Waals surface area contributed by atoms with Crippen molar-refractivity contribution in [2.75, 3.05) is 0 Å². The largest absolute Gasteiger partial charge is 0.235 e. The molecule has 1 fully saturated rings.